The number of benzene rings is 1. The first-order chi connectivity index (χ1) is 12.9. The summed E-state index contributed by atoms with van der Waals surface area (Å²) < 4.78 is 11.0. The Morgan fingerprint density at radius 2 is 1.89 bits per heavy atom. The molecular weight excluding hydrogens is 467 g/mol. The largest absolute Gasteiger partial charge is 0.497 e. The number of oxazole rings is 1. The van der Waals surface area contributed by atoms with Crippen molar-refractivity contribution >= 4 is 29.9 Å². The van der Waals surface area contributed by atoms with Crippen molar-refractivity contribution in [1.82, 2.24) is 15.6 Å². The van der Waals surface area contributed by atoms with Gasteiger partial charge in [-0.15, -0.1) is 24.0 Å². The first kappa shape index (κ1) is 24.3. The molecular formula is C21H33IN4O2. The summed E-state index contributed by atoms with van der Waals surface area (Å²) in [6.45, 7) is 10.4. The Labute approximate surface area is 185 Å². The van der Waals surface area contributed by atoms with Crippen LogP contribution in [0, 0.1) is 0 Å². The van der Waals surface area contributed by atoms with E-state index in [1.807, 2.05) is 12.1 Å². The van der Waals surface area contributed by atoms with Crippen molar-refractivity contribution in [2.45, 2.75) is 52.5 Å². The molecule has 0 aliphatic heterocycles. The normalized spacial score (nSPS) is 11.7. The highest BCUT2D eigenvalue weighted by molar-refractivity contribution is 14.0. The van der Waals surface area contributed by atoms with E-state index < -0.39 is 0 Å². The average molecular weight is 500 g/mol. The number of guanidine groups is 1. The van der Waals surface area contributed by atoms with Crippen LogP contribution in [-0.2, 0) is 18.4 Å². The molecule has 0 fully saturated rings. The van der Waals surface area contributed by atoms with E-state index in [1.54, 1.807) is 13.3 Å². The van der Waals surface area contributed by atoms with Crippen LogP contribution in [0.4, 0.5) is 0 Å². The van der Waals surface area contributed by atoms with Crippen LogP contribution in [0.15, 0.2) is 39.9 Å². The number of hydrogen-bond donors (Lipinski definition) is 2. The monoisotopic (exact) mass is 500 g/mol. The lowest BCUT2D eigenvalue weighted by Crippen LogP contribution is -2.37. The van der Waals surface area contributed by atoms with Gasteiger partial charge in [0.1, 0.15) is 18.1 Å². The van der Waals surface area contributed by atoms with E-state index in [0.717, 1.165) is 43.4 Å². The maximum absolute atomic E-state index is 5.79. The summed E-state index contributed by atoms with van der Waals surface area (Å²) in [6.07, 6.45) is 3.81. The second-order valence-electron chi connectivity index (χ2n) is 7.44. The minimum absolute atomic E-state index is 0. The summed E-state index contributed by atoms with van der Waals surface area (Å²) in [4.78, 5) is 8.89. The highest BCUT2D eigenvalue weighted by Gasteiger charge is 2.18. The Morgan fingerprint density at radius 3 is 2.46 bits per heavy atom. The summed E-state index contributed by atoms with van der Waals surface area (Å²) in [6, 6.07) is 8.20. The molecule has 0 atom stereocenters. The number of hydrogen-bond acceptors (Lipinski definition) is 4. The van der Waals surface area contributed by atoms with Crippen molar-refractivity contribution in [3.63, 3.8) is 0 Å². The molecule has 0 amide bonds. The Balaban J connectivity index is 0.00000392. The summed E-state index contributed by atoms with van der Waals surface area (Å²) in [5.41, 5.74) is 1.26. The van der Waals surface area contributed by atoms with E-state index in [1.165, 1.54) is 5.56 Å². The van der Waals surface area contributed by atoms with Crippen LogP contribution in [0.1, 0.15) is 51.3 Å². The van der Waals surface area contributed by atoms with Gasteiger partial charge in [0.2, 0.25) is 5.89 Å². The number of ether oxygens (including phenoxy) is 1. The maximum atomic E-state index is 5.79. The molecule has 156 valence electrons. The Bertz CT molecular complexity index is 721. The van der Waals surface area contributed by atoms with Gasteiger partial charge >= 0.3 is 0 Å². The molecule has 7 heteroatoms. The van der Waals surface area contributed by atoms with Gasteiger partial charge in [-0.1, -0.05) is 32.9 Å². The quantitative estimate of drug-likeness (QED) is 0.245. The van der Waals surface area contributed by atoms with E-state index >= 15 is 0 Å². The van der Waals surface area contributed by atoms with Gasteiger partial charge in [0, 0.05) is 18.5 Å². The first-order valence-electron chi connectivity index (χ1n) is 9.52. The molecule has 28 heavy (non-hydrogen) atoms. The van der Waals surface area contributed by atoms with Crippen molar-refractivity contribution in [3.8, 4) is 5.75 Å². The predicted octanol–water partition coefficient (Wildman–Crippen LogP) is 4.29. The number of aryl methyl sites for hydroxylation is 1. The Kier molecular flexibility index (Phi) is 10.3. The van der Waals surface area contributed by atoms with Crippen LogP contribution < -0.4 is 15.4 Å². The highest BCUT2D eigenvalue weighted by Crippen LogP contribution is 2.22. The van der Waals surface area contributed by atoms with Gasteiger partial charge in [-0.25, -0.2) is 9.98 Å². The fourth-order valence-electron chi connectivity index (χ4n) is 2.51. The minimum atomic E-state index is -0.0425. The molecule has 0 unspecified atom stereocenters. The van der Waals surface area contributed by atoms with Gasteiger partial charge in [0.05, 0.1) is 13.3 Å². The van der Waals surface area contributed by atoms with Gasteiger partial charge in [-0.05, 0) is 37.5 Å². The minimum Gasteiger partial charge on any atom is -0.497 e. The molecule has 0 spiro atoms. The lowest BCUT2D eigenvalue weighted by atomic mass is 9.94. The second-order valence-corrected chi connectivity index (χ2v) is 7.44. The van der Waals surface area contributed by atoms with E-state index in [9.17, 15) is 0 Å². The second kappa shape index (κ2) is 11.9. The molecule has 0 saturated heterocycles. The molecule has 1 heterocycles. The van der Waals surface area contributed by atoms with Gasteiger partial charge in [0.15, 0.2) is 5.96 Å². The molecule has 0 radical (unpaired) electrons. The average Bonchev–Trinajstić information content (AvgIpc) is 3.13. The number of rotatable bonds is 8. The van der Waals surface area contributed by atoms with E-state index in [4.69, 9.17) is 9.15 Å². The van der Waals surface area contributed by atoms with Crippen LogP contribution >= 0.6 is 24.0 Å². The van der Waals surface area contributed by atoms with Gasteiger partial charge in [-0.3, -0.25) is 0 Å². The molecule has 2 rings (SSSR count). The van der Waals surface area contributed by atoms with Crippen molar-refractivity contribution in [2.75, 3.05) is 20.2 Å². The van der Waals surface area contributed by atoms with Crippen LogP contribution in [0.3, 0.4) is 0 Å². The van der Waals surface area contributed by atoms with E-state index in [2.05, 4.69) is 60.4 Å². The molecule has 0 bridgehead atoms. The lowest BCUT2D eigenvalue weighted by molar-refractivity contribution is 0.383. The zero-order valence-electron chi connectivity index (χ0n) is 17.5. The summed E-state index contributed by atoms with van der Waals surface area (Å²) in [7, 11) is 1.68. The molecule has 0 saturated carbocycles. The van der Waals surface area contributed by atoms with Crippen molar-refractivity contribution in [1.29, 1.82) is 0 Å². The number of halogens is 1. The fraction of sp³-hybridized carbons (Fsp3) is 0.524. The molecule has 0 aliphatic carbocycles. The van der Waals surface area contributed by atoms with Crippen LogP contribution in [0.25, 0.3) is 0 Å². The molecule has 6 nitrogen and oxygen atoms in total. The predicted molar refractivity (Wildman–Crippen MR) is 125 cm³/mol. The summed E-state index contributed by atoms with van der Waals surface area (Å²) in [5.74, 6) is 3.18. The Hall–Kier alpha value is -1.77. The van der Waals surface area contributed by atoms with Crippen LogP contribution in [-0.4, -0.2) is 31.1 Å². The molecule has 2 N–H and O–H groups in total. The third-order valence-electron chi connectivity index (χ3n) is 4.10. The van der Waals surface area contributed by atoms with E-state index in [0.29, 0.717) is 12.4 Å². The third-order valence-corrected chi connectivity index (χ3v) is 4.10. The highest BCUT2D eigenvalue weighted by atomic mass is 127. The first-order valence-corrected chi connectivity index (χ1v) is 9.52. The standard InChI is InChI=1S/C21H32N4O2.HI/c1-6-22-20(25-15-19-24-14-18(27-19)21(2,3)4)23-13-7-8-16-9-11-17(26-5)12-10-16;/h9-12,14H,6-8,13,15H2,1-5H3,(H2,22,23,25);1H. The number of aliphatic imine (C=N–C) groups is 1. The molecule has 0 aliphatic rings. The zero-order valence-corrected chi connectivity index (χ0v) is 19.9. The molecule has 2 aromatic rings. The van der Waals surface area contributed by atoms with Crippen LogP contribution in [0.5, 0.6) is 5.75 Å². The number of aromatic nitrogens is 1. The smallest absolute Gasteiger partial charge is 0.216 e. The van der Waals surface area contributed by atoms with Gasteiger partial charge in [-0.2, -0.15) is 0 Å². The maximum Gasteiger partial charge on any atom is 0.216 e. The topological polar surface area (TPSA) is 71.7 Å². The SMILES string of the molecule is CCNC(=NCc1ncc(C(C)(C)C)o1)NCCCc1ccc(OC)cc1.I. The van der Waals surface area contributed by atoms with Crippen molar-refractivity contribution in [3.05, 3.63) is 47.7 Å². The van der Waals surface area contributed by atoms with E-state index in [-0.39, 0.29) is 29.4 Å². The molecule has 1 aromatic heterocycles. The molecule has 1 aromatic carbocycles. The third kappa shape index (κ3) is 8.08. The lowest BCUT2D eigenvalue weighted by Gasteiger charge is -2.13. The number of nitrogens with zero attached hydrogens (tertiary/aromatic N) is 2. The van der Waals surface area contributed by atoms with Crippen molar-refractivity contribution < 1.29 is 9.15 Å². The fourth-order valence-corrected chi connectivity index (χ4v) is 2.51. The Morgan fingerprint density at radius 1 is 1.18 bits per heavy atom. The number of nitrogens with one attached hydrogen (secondary N) is 2. The van der Waals surface area contributed by atoms with Crippen molar-refractivity contribution in [2.24, 2.45) is 4.99 Å². The zero-order chi connectivity index (χ0) is 19.7. The number of methoxy groups -OCH3 is 1. The van der Waals surface area contributed by atoms with Gasteiger partial charge < -0.3 is 19.8 Å². The summed E-state index contributed by atoms with van der Waals surface area (Å²) in [5, 5.41) is 6.62. The van der Waals surface area contributed by atoms with Crippen LogP contribution in [0.2, 0.25) is 0 Å². The van der Waals surface area contributed by atoms with Gasteiger partial charge in [0.25, 0.3) is 0 Å². The summed E-state index contributed by atoms with van der Waals surface area (Å²) >= 11 is 0.